The number of rotatable bonds is 16. The molecule has 0 atom stereocenters. The van der Waals surface area contributed by atoms with Crippen molar-refractivity contribution in [2.75, 3.05) is 28.4 Å². The Balaban J connectivity index is 0.000000527. The Kier molecular flexibility index (Phi) is 25.1. The van der Waals surface area contributed by atoms with Crippen molar-refractivity contribution in [3.63, 3.8) is 0 Å². The molecule has 1 aromatic heterocycles. The summed E-state index contributed by atoms with van der Waals surface area (Å²) in [5.74, 6) is -0.166. The van der Waals surface area contributed by atoms with Crippen molar-refractivity contribution >= 4 is 67.2 Å². The Morgan fingerprint density at radius 3 is 0.938 bits per heavy atom. The molecule has 1 heterocycles. The highest BCUT2D eigenvalue weighted by Crippen LogP contribution is 2.29. The number of phenolic OH excluding ortho intramolecular Hbond substituents is 4. The molecule has 338 valence electrons. The number of carbonyl (C=O) groups is 4. The van der Waals surface area contributed by atoms with Gasteiger partial charge in [0.2, 0.25) is 0 Å². The van der Waals surface area contributed by atoms with Crippen molar-refractivity contribution < 1.29 is 78.1 Å². The number of nitrogens with zero attached hydrogens (tertiary/aromatic N) is 1. The van der Waals surface area contributed by atoms with E-state index in [4.69, 9.17) is 34.0 Å². The van der Waals surface area contributed by atoms with Gasteiger partial charge in [0.05, 0.1) is 47.5 Å². The van der Waals surface area contributed by atoms with E-state index >= 15 is 0 Å². The molecule has 0 saturated heterocycles. The summed E-state index contributed by atoms with van der Waals surface area (Å²) in [5.41, 5.74) is 2.66. The van der Waals surface area contributed by atoms with Crippen molar-refractivity contribution in [1.82, 2.24) is 5.16 Å². The maximum absolute atomic E-state index is 11.9. The molecule has 0 saturated carbocycles. The van der Waals surface area contributed by atoms with E-state index in [1.165, 1.54) is 83.3 Å². The molecule has 0 radical (unpaired) electrons. The van der Waals surface area contributed by atoms with E-state index in [9.17, 15) is 39.6 Å². The molecule has 64 heavy (non-hydrogen) atoms. The van der Waals surface area contributed by atoms with Gasteiger partial charge in [-0.1, -0.05) is 53.7 Å². The summed E-state index contributed by atoms with van der Waals surface area (Å²) < 4.78 is 24.3. The van der Waals surface area contributed by atoms with Gasteiger partial charge in [0.1, 0.15) is 6.26 Å². The van der Waals surface area contributed by atoms with Crippen molar-refractivity contribution in [3.8, 4) is 46.0 Å². The molecular weight excluding hydrogens is 857 g/mol. The van der Waals surface area contributed by atoms with Crippen LogP contribution in [-0.2, 0) is 19.2 Å². The third-order valence-electron chi connectivity index (χ3n) is 7.71. The number of allylic oxidation sites excluding steroid dienone is 4. The molecule has 17 nitrogen and oxygen atoms in total. The van der Waals surface area contributed by atoms with Crippen LogP contribution in [0.3, 0.4) is 0 Å². The van der Waals surface area contributed by atoms with Gasteiger partial charge < -0.3 is 59.0 Å². The van der Waals surface area contributed by atoms with Crippen LogP contribution in [0.5, 0.6) is 46.0 Å². The van der Waals surface area contributed by atoms with Crippen molar-refractivity contribution in [2.45, 2.75) is 12.8 Å². The molecular formula is C45H47BClNO16. The van der Waals surface area contributed by atoms with Crippen LogP contribution in [0, 0.1) is 0 Å². The summed E-state index contributed by atoms with van der Waals surface area (Å²) in [7, 11) is 3.57. The lowest BCUT2D eigenvalue weighted by atomic mass is 10.1. The van der Waals surface area contributed by atoms with E-state index < -0.39 is 7.32 Å². The zero-order chi connectivity index (χ0) is 46.7. The minimum atomic E-state index is -2.17. The second-order valence-corrected chi connectivity index (χ2v) is 12.3. The van der Waals surface area contributed by atoms with Gasteiger partial charge in [-0.15, -0.1) is 12.4 Å². The van der Waals surface area contributed by atoms with Gasteiger partial charge in [-0.2, -0.15) is 0 Å². The Hall–Kier alpha value is -7.64. The van der Waals surface area contributed by atoms with Crippen LogP contribution in [0.2, 0.25) is 0 Å². The molecule has 0 aliphatic heterocycles. The first-order chi connectivity index (χ1) is 30.1. The minimum absolute atomic E-state index is 0. The lowest BCUT2D eigenvalue weighted by Gasteiger charge is -2.03. The lowest BCUT2D eigenvalue weighted by molar-refractivity contribution is -0.123. The number of hydrogen-bond acceptors (Lipinski definition) is 17. The average molecular weight is 904 g/mol. The van der Waals surface area contributed by atoms with Crippen LogP contribution < -0.4 is 18.9 Å². The second kappa shape index (κ2) is 29.6. The molecule has 5 aromatic rings. The molecule has 0 amide bonds. The van der Waals surface area contributed by atoms with Gasteiger partial charge in [0.15, 0.2) is 69.1 Å². The maximum atomic E-state index is 11.9. The molecule has 0 aliphatic carbocycles. The Bertz CT molecular complexity index is 2060. The second-order valence-electron chi connectivity index (χ2n) is 12.3. The normalized spacial score (nSPS) is 10.4. The van der Waals surface area contributed by atoms with E-state index in [0.29, 0.717) is 45.3 Å². The van der Waals surface area contributed by atoms with Gasteiger partial charge in [-0.05, 0) is 101 Å². The van der Waals surface area contributed by atoms with Gasteiger partial charge in [-0.3, -0.25) is 19.2 Å². The molecule has 7 N–H and O–H groups in total. The number of phenols is 4. The highest BCUT2D eigenvalue weighted by molar-refractivity contribution is 6.30. The number of halogens is 1. The zero-order valence-electron chi connectivity index (χ0n) is 34.9. The van der Waals surface area contributed by atoms with Crippen LogP contribution in [0.4, 0.5) is 0 Å². The molecule has 4 aromatic carbocycles. The number of methoxy groups -OCH3 is 4. The summed E-state index contributed by atoms with van der Waals surface area (Å²) in [6.07, 6.45) is 14.0. The van der Waals surface area contributed by atoms with Gasteiger partial charge in [0, 0.05) is 0 Å². The first kappa shape index (κ1) is 54.4. The monoisotopic (exact) mass is 903 g/mol. The first-order valence-electron chi connectivity index (χ1n) is 18.3. The van der Waals surface area contributed by atoms with Crippen molar-refractivity contribution in [3.05, 3.63) is 138 Å². The SMILES string of the molecule is COc1cc(/C=C/C(=O)CC(=O)/C=C/c2ccc(O)c(OC)c2)ccc1O.COc1cc(/C=C/C(=O)CC(=O)/C=C/c2ccc(O)c(OC)c2)ccc1O.Cl.OB(O)O.c1cnoc1. The molecule has 0 unspecified atom stereocenters. The van der Waals surface area contributed by atoms with E-state index in [-0.39, 0.29) is 71.4 Å². The van der Waals surface area contributed by atoms with E-state index in [2.05, 4.69) is 9.68 Å². The van der Waals surface area contributed by atoms with Crippen LogP contribution in [0.1, 0.15) is 35.1 Å². The summed E-state index contributed by atoms with van der Waals surface area (Å²) in [5, 5.41) is 63.0. The Morgan fingerprint density at radius 2 is 0.766 bits per heavy atom. The van der Waals surface area contributed by atoms with Crippen molar-refractivity contribution in [1.29, 1.82) is 0 Å². The lowest BCUT2D eigenvalue weighted by Crippen LogP contribution is -2.07. The minimum Gasteiger partial charge on any atom is -0.504 e. The topological polar surface area (TPSA) is 273 Å². The summed E-state index contributed by atoms with van der Waals surface area (Å²) in [6, 6.07) is 20.4. The van der Waals surface area contributed by atoms with Gasteiger partial charge in [0.25, 0.3) is 0 Å². The van der Waals surface area contributed by atoms with Crippen LogP contribution in [0.15, 0.2) is 120 Å². The summed E-state index contributed by atoms with van der Waals surface area (Å²) in [6.45, 7) is 0. The Labute approximate surface area is 374 Å². The summed E-state index contributed by atoms with van der Waals surface area (Å²) in [4.78, 5) is 47.7. The molecule has 0 aliphatic rings. The fraction of sp³-hybridized carbons (Fsp3) is 0.133. The fourth-order valence-corrected chi connectivity index (χ4v) is 4.70. The van der Waals surface area contributed by atoms with Crippen molar-refractivity contribution in [2.24, 2.45) is 0 Å². The maximum Gasteiger partial charge on any atom is 0.631 e. The third kappa shape index (κ3) is 21.2. The number of benzene rings is 4. The van der Waals surface area contributed by atoms with Crippen LogP contribution >= 0.6 is 12.4 Å². The predicted octanol–water partition coefficient (Wildman–Crippen LogP) is 5.78. The Morgan fingerprint density at radius 1 is 0.516 bits per heavy atom. The highest BCUT2D eigenvalue weighted by atomic mass is 35.5. The molecule has 5 rings (SSSR count). The van der Waals surface area contributed by atoms with Crippen LogP contribution in [-0.4, -0.2) is 99.5 Å². The number of ketones is 4. The third-order valence-corrected chi connectivity index (χ3v) is 7.71. The smallest absolute Gasteiger partial charge is 0.504 e. The van der Waals surface area contributed by atoms with E-state index in [1.807, 2.05) is 0 Å². The fourth-order valence-electron chi connectivity index (χ4n) is 4.70. The quantitative estimate of drug-likeness (QED) is 0.0351. The summed E-state index contributed by atoms with van der Waals surface area (Å²) >= 11 is 0. The molecule has 0 spiro atoms. The van der Waals surface area contributed by atoms with E-state index in [0.717, 1.165) is 0 Å². The van der Waals surface area contributed by atoms with Gasteiger partial charge in [-0.25, -0.2) is 0 Å². The standard InChI is InChI=1S/2C21H20O6.C3H3NO.BH3O3.ClH/c2*1-26-20-11-14(5-9-18(20)24)3-7-16(22)13-17(23)8-4-15-6-10-19(25)21(12-15)27-2;1-2-4-5-3-1;2-1(3)4;/h2*3-12,24-25H,13H2,1-2H3;1-3H;2-4H;1H/b2*7-3+,8-4+;;;. The number of carbonyl (C=O) groups excluding carboxylic acids is 4. The zero-order valence-corrected chi connectivity index (χ0v) is 35.7. The number of aromatic nitrogens is 1. The molecule has 19 heteroatoms. The largest absolute Gasteiger partial charge is 0.631 e. The number of hydrogen-bond donors (Lipinski definition) is 7. The van der Waals surface area contributed by atoms with E-state index in [1.54, 1.807) is 85.1 Å². The van der Waals surface area contributed by atoms with Crippen LogP contribution in [0.25, 0.3) is 24.3 Å². The number of ether oxygens (including phenoxy) is 4. The predicted molar refractivity (Wildman–Crippen MR) is 240 cm³/mol. The average Bonchev–Trinajstić information content (AvgIpc) is 3.86. The molecule has 0 fully saturated rings. The first-order valence-corrected chi connectivity index (χ1v) is 18.3. The highest BCUT2D eigenvalue weighted by Gasteiger charge is 2.08. The molecule has 0 bridgehead atoms. The van der Waals surface area contributed by atoms with Gasteiger partial charge >= 0.3 is 7.32 Å². The number of aromatic hydroxyl groups is 4.